The highest BCUT2D eigenvalue weighted by Gasteiger charge is 2.16. The molecule has 0 saturated carbocycles. The Morgan fingerprint density at radius 1 is 1.50 bits per heavy atom. The van der Waals surface area contributed by atoms with Gasteiger partial charge in [0.15, 0.2) is 0 Å². The van der Waals surface area contributed by atoms with Crippen LogP contribution in [-0.2, 0) is 6.42 Å². The second-order valence-electron chi connectivity index (χ2n) is 4.29. The van der Waals surface area contributed by atoms with Crippen molar-refractivity contribution in [1.82, 2.24) is 15.3 Å². The number of aromatic nitrogens is 2. The topological polar surface area (TPSA) is 40.7 Å². The molecule has 16 heavy (non-hydrogen) atoms. The first-order chi connectivity index (χ1) is 7.92. The van der Waals surface area contributed by atoms with Crippen molar-refractivity contribution in [3.8, 4) is 10.7 Å². The first-order valence-electron chi connectivity index (χ1n) is 5.71. The SMILES string of the molecule is c1c[nH]c(-c2nc(CC3CCNC3)cs2)c1. The van der Waals surface area contributed by atoms with Crippen LogP contribution in [0.5, 0.6) is 0 Å². The third kappa shape index (κ3) is 2.03. The van der Waals surface area contributed by atoms with E-state index in [-0.39, 0.29) is 0 Å². The van der Waals surface area contributed by atoms with Crippen molar-refractivity contribution in [3.63, 3.8) is 0 Å². The number of thiazole rings is 1. The fourth-order valence-corrected chi connectivity index (χ4v) is 2.99. The van der Waals surface area contributed by atoms with Crippen LogP contribution in [0.3, 0.4) is 0 Å². The van der Waals surface area contributed by atoms with Crippen LogP contribution in [0, 0.1) is 5.92 Å². The minimum Gasteiger partial charge on any atom is -0.359 e. The number of hydrogen-bond donors (Lipinski definition) is 2. The van der Waals surface area contributed by atoms with Crippen LogP contribution >= 0.6 is 11.3 Å². The molecule has 0 amide bonds. The fourth-order valence-electron chi connectivity index (χ4n) is 2.17. The average Bonchev–Trinajstić information content (AvgIpc) is 2.99. The highest BCUT2D eigenvalue weighted by Crippen LogP contribution is 2.24. The van der Waals surface area contributed by atoms with Crippen molar-refractivity contribution in [1.29, 1.82) is 0 Å². The van der Waals surface area contributed by atoms with E-state index in [4.69, 9.17) is 0 Å². The second-order valence-corrected chi connectivity index (χ2v) is 5.15. The maximum Gasteiger partial charge on any atom is 0.139 e. The van der Waals surface area contributed by atoms with Gasteiger partial charge < -0.3 is 10.3 Å². The molecule has 1 aliphatic heterocycles. The van der Waals surface area contributed by atoms with Crippen LogP contribution in [0.15, 0.2) is 23.7 Å². The smallest absolute Gasteiger partial charge is 0.139 e. The van der Waals surface area contributed by atoms with Gasteiger partial charge in [-0.1, -0.05) is 0 Å². The molecule has 3 heterocycles. The molecule has 2 aromatic heterocycles. The lowest BCUT2D eigenvalue weighted by atomic mass is 10.0. The van der Waals surface area contributed by atoms with Crippen molar-refractivity contribution in [2.24, 2.45) is 5.92 Å². The van der Waals surface area contributed by atoms with Gasteiger partial charge in [0.25, 0.3) is 0 Å². The maximum absolute atomic E-state index is 4.68. The Labute approximate surface area is 98.9 Å². The lowest BCUT2D eigenvalue weighted by Crippen LogP contribution is -2.10. The molecule has 1 fully saturated rings. The van der Waals surface area contributed by atoms with E-state index in [2.05, 4.69) is 26.7 Å². The zero-order chi connectivity index (χ0) is 10.8. The molecule has 1 saturated heterocycles. The molecular formula is C12H15N3S. The molecule has 1 atom stereocenters. The Morgan fingerprint density at radius 2 is 2.50 bits per heavy atom. The van der Waals surface area contributed by atoms with Gasteiger partial charge in [-0.05, 0) is 44.0 Å². The van der Waals surface area contributed by atoms with Gasteiger partial charge in [-0.3, -0.25) is 0 Å². The first kappa shape index (κ1) is 10.1. The molecule has 3 rings (SSSR count). The van der Waals surface area contributed by atoms with Crippen LogP contribution in [0.2, 0.25) is 0 Å². The third-order valence-electron chi connectivity index (χ3n) is 3.04. The molecule has 2 N–H and O–H groups in total. The zero-order valence-electron chi connectivity index (χ0n) is 9.07. The van der Waals surface area contributed by atoms with Gasteiger partial charge in [-0.15, -0.1) is 11.3 Å². The Balaban J connectivity index is 1.72. The van der Waals surface area contributed by atoms with E-state index in [1.165, 1.54) is 12.1 Å². The quantitative estimate of drug-likeness (QED) is 0.854. The van der Waals surface area contributed by atoms with Crippen molar-refractivity contribution in [2.75, 3.05) is 13.1 Å². The lowest BCUT2D eigenvalue weighted by molar-refractivity contribution is 0.573. The summed E-state index contributed by atoms with van der Waals surface area (Å²) >= 11 is 1.73. The van der Waals surface area contributed by atoms with Gasteiger partial charge >= 0.3 is 0 Å². The van der Waals surface area contributed by atoms with Crippen molar-refractivity contribution in [3.05, 3.63) is 29.4 Å². The van der Waals surface area contributed by atoms with Crippen molar-refractivity contribution >= 4 is 11.3 Å². The van der Waals surface area contributed by atoms with Crippen LogP contribution in [0.25, 0.3) is 10.7 Å². The molecule has 2 aromatic rings. The van der Waals surface area contributed by atoms with Gasteiger partial charge in [0.2, 0.25) is 0 Å². The minimum atomic E-state index is 0.776. The molecule has 0 bridgehead atoms. The number of H-pyrrole nitrogens is 1. The normalized spacial score (nSPS) is 20.4. The molecule has 0 spiro atoms. The third-order valence-corrected chi connectivity index (χ3v) is 3.96. The van der Waals surface area contributed by atoms with Gasteiger partial charge in [-0.2, -0.15) is 0 Å². The van der Waals surface area contributed by atoms with Gasteiger partial charge in [-0.25, -0.2) is 4.98 Å². The number of aromatic amines is 1. The van der Waals surface area contributed by atoms with Gasteiger partial charge in [0.05, 0.1) is 11.4 Å². The summed E-state index contributed by atoms with van der Waals surface area (Å²) in [7, 11) is 0. The van der Waals surface area contributed by atoms with Crippen LogP contribution in [-0.4, -0.2) is 23.1 Å². The lowest BCUT2D eigenvalue weighted by Gasteiger charge is -2.03. The number of nitrogens with one attached hydrogen (secondary N) is 2. The molecule has 0 aromatic carbocycles. The fraction of sp³-hybridized carbons (Fsp3) is 0.417. The summed E-state index contributed by atoms with van der Waals surface area (Å²) in [4.78, 5) is 7.87. The highest BCUT2D eigenvalue weighted by molar-refractivity contribution is 7.13. The molecule has 0 aliphatic carbocycles. The Morgan fingerprint density at radius 3 is 3.25 bits per heavy atom. The van der Waals surface area contributed by atoms with Crippen LogP contribution in [0.4, 0.5) is 0 Å². The minimum absolute atomic E-state index is 0.776. The standard InChI is InChI=1S/C12H15N3S/c1-2-11(14-4-1)12-15-10(8-16-12)6-9-3-5-13-7-9/h1-2,4,8-9,13-14H,3,5-7H2. The predicted molar refractivity (Wildman–Crippen MR) is 66.6 cm³/mol. The summed E-state index contributed by atoms with van der Waals surface area (Å²) in [6.07, 6.45) is 4.34. The van der Waals surface area contributed by atoms with E-state index >= 15 is 0 Å². The predicted octanol–water partition coefficient (Wildman–Crippen LogP) is 2.29. The molecular weight excluding hydrogens is 218 g/mol. The summed E-state index contributed by atoms with van der Waals surface area (Å²) in [5.74, 6) is 0.776. The van der Waals surface area contributed by atoms with Crippen molar-refractivity contribution < 1.29 is 0 Å². The molecule has 4 heteroatoms. The summed E-state index contributed by atoms with van der Waals surface area (Å²) in [6.45, 7) is 2.31. The number of nitrogens with zero attached hydrogens (tertiary/aromatic N) is 1. The first-order valence-corrected chi connectivity index (χ1v) is 6.58. The monoisotopic (exact) mass is 233 g/mol. The number of hydrogen-bond acceptors (Lipinski definition) is 3. The summed E-state index contributed by atoms with van der Waals surface area (Å²) in [5.41, 5.74) is 2.36. The van der Waals surface area contributed by atoms with E-state index in [1.54, 1.807) is 11.3 Å². The van der Waals surface area contributed by atoms with E-state index in [0.29, 0.717) is 0 Å². The van der Waals surface area contributed by atoms with E-state index in [0.717, 1.165) is 36.1 Å². The maximum atomic E-state index is 4.68. The molecule has 84 valence electrons. The van der Waals surface area contributed by atoms with Gasteiger partial charge in [0.1, 0.15) is 5.01 Å². The molecule has 3 nitrogen and oxygen atoms in total. The Kier molecular flexibility index (Phi) is 2.76. The molecule has 0 radical (unpaired) electrons. The molecule has 1 unspecified atom stereocenters. The summed E-state index contributed by atoms with van der Waals surface area (Å²) in [6, 6.07) is 4.08. The van der Waals surface area contributed by atoms with Crippen LogP contribution in [0.1, 0.15) is 12.1 Å². The van der Waals surface area contributed by atoms with E-state index in [9.17, 15) is 0 Å². The highest BCUT2D eigenvalue weighted by atomic mass is 32.1. The van der Waals surface area contributed by atoms with Crippen molar-refractivity contribution in [2.45, 2.75) is 12.8 Å². The average molecular weight is 233 g/mol. The largest absolute Gasteiger partial charge is 0.359 e. The second kappa shape index (κ2) is 4.39. The van der Waals surface area contributed by atoms with Gasteiger partial charge in [0, 0.05) is 11.6 Å². The Hall–Kier alpha value is -1.13. The summed E-state index contributed by atoms with van der Waals surface area (Å²) < 4.78 is 0. The summed E-state index contributed by atoms with van der Waals surface area (Å²) in [5, 5.41) is 6.69. The Bertz CT molecular complexity index is 441. The molecule has 1 aliphatic rings. The number of rotatable bonds is 3. The van der Waals surface area contributed by atoms with Crippen LogP contribution < -0.4 is 5.32 Å². The van der Waals surface area contributed by atoms with E-state index in [1.807, 2.05) is 12.3 Å². The van der Waals surface area contributed by atoms with E-state index < -0.39 is 0 Å². The zero-order valence-corrected chi connectivity index (χ0v) is 9.89.